The van der Waals surface area contributed by atoms with Gasteiger partial charge in [-0.1, -0.05) is 11.8 Å². The summed E-state index contributed by atoms with van der Waals surface area (Å²) < 4.78 is 17.0. The van der Waals surface area contributed by atoms with Gasteiger partial charge >= 0.3 is 0 Å². The number of hydrogen-bond donors (Lipinski definition) is 1. The maximum atomic E-state index is 9.54. The van der Waals surface area contributed by atoms with Gasteiger partial charge in [0.05, 0.1) is 6.61 Å². The minimum Gasteiger partial charge on any atom is -0.508 e. The maximum absolute atomic E-state index is 9.54. The fourth-order valence-electron chi connectivity index (χ4n) is 2.55. The number of phenolic OH excluding ortho intramolecular Hbond substituents is 1. The number of benzene rings is 2. The van der Waals surface area contributed by atoms with Crippen LogP contribution in [0, 0.1) is 18.8 Å². The third-order valence-corrected chi connectivity index (χ3v) is 3.91. The molecule has 1 fully saturated rings. The second-order valence-corrected chi connectivity index (χ2v) is 6.54. The van der Waals surface area contributed by atoms with Crippen LogP contribution >= 0.6 is 0 Å². The fraction of sp³-hybridized carbons (Fsp3) is 0.333. The van der Waals surface area contributed by atoms with Crippen LogP contribution in [0.1, 0.15) is 30.5 Å². The third kappa shape index (κ3) is 4.76. The van der Waals surface area contributed by atoms with Crippen LogP contribution in [0.3, 0.4) is 0 Å². The number of aryl methyl sites for hydroxylation is 1. The Labute approximate surface area is 148 Å². The van der Waals surface area contributed by atoms with Gasteiger partial charge in [-0.15, -0.1) is 0 Å². The topological polar surface area (TPSA) is 47.9 Å². The second kappa shape index (κ2) is 7.18. The summed E-state index contributed by atoms with van der Waals surface area (Å²) in [6.07, 6.45) is -0.0489. The van der Waals surface area contributed by atoms with Crippen molar-refractivity contribution in [1.82, 2.24) is 0 Å². The van der Waals surface area contributed by atoms with Crippen molar-refractivity contribution in [2.45, 2.75) is 32.7 Å². The first-order chi connectivity index (χ1) is 11.9. The highest BCUT2D eigenvalue weighted by Crippen LogP contribution is 2.23. The van der Waals surface area contributed by atoms with E-state index < -0.39 is 5.79 Å². The number of rotatable bonds is 3. The van der Waals surface area contributed by atoms with Crippen molar-refractivity contribution in [3.05, 3.63) is 59.2 Å². The monoisotopic (exact) mass is 338 g/mol. The Morgan fingerprint density at radius 1 is 1.12 bits per heavy atom. The average molecular weight is 338 g/mol. The summed E-state index contributed by atoms with van der Waals surface area (Å²) in [6.45, 7) is 6.66. The second-order valence-electron chi connectivity index (χ2n) is 6.54. The van der Waals surface area contributed by atoms with E-state index in [2.05, 4.69) is 11.8 Å². The van der Waals surface area contributed by atoms with E-state index in [4.69, 9.17) is 14.2 Å². The Morgan fingerprint density at radius 3 is 2.44 bits per heavy atom. The molecule has 0 radical (unpaired) electrons. The van der Waals surface area contributed by atoms with Gasteiger partial charge in [0, 0.05) is 11.1 Å². The largest absolute Gasteiger partial charge is 0.508 e. The molecule has 0 saturated carbocycles. The molecule has 4 heteroatoms. The van der Waals surface area contributed by atoms with E-state index in [1.807, 2.05) is 51.1 Å². The third-order valence-electron chi connectivity index (χ3n) is 3.91. The van der Waals surface area contributed by atoms with Crippen LogP contribution in [0.15, 0.2) is 42.5 Å². The molecule has 0 bridgehead atoms. The van der Waals surface area contributed by atoms with Crippen molar-refractivity contribution in [2.75, 3.05) is 13.2 Å². The summed E-state index contributed by atoms with van der Waals surface area (Å²) in [6, 6.07) is 13.0. The van der Waals surface area contributed by atoms with Gasteiger partial charge in [0.2, 0.25) is 0 Å². The number of ether oxygens (including phenoxy) is 3. The van der Waals surface area contributed by atoms with Gasteiger partial charge in [0.25, 0.3) is 0 Å². The lowest BCUT2D eigenvalue weighted by Gasteiger charge is -2.17. The summed E-state index contributed by atoms with van der Waals surface area (Å²) in [7, 11) is 0. The molecule has 25 heavy (non-hydrogen) atoms. The van der Waals surface area contributed by atoms with Crippen molar-refractivity contribution in [2.24, 2.45) is 0 Å². The van der Waals surface area contributed by atoms with Crippen molar-refractivity contribution < 1.29 is 19.3 Å². The van der Waals surface area contributed by atoms with Gasteiger partial charge in [-0.2, -0.15) is 0 Å². The predicted octanol–water partition coefficient (Wildman–Crippen LogP) is 3.63. The zero-order valence-corrected chi connectivity index (χ0v) is 14.7. The van der Waals surface area contributed by atoms with Gasteiger partial charge in [-0.05, 0) is 68.8 Å². The van der Waals surface area contributed by atoms with Gasteiger partial charge in [0.15, 0.2) is 5.79 Å². The molecular weight excluding hydrogens is 316 g/mol. The Hall–Kier alpha value is -2.48. The molecule has 4 nitrogen and oxygen atoms in total. The molecule has 0 aromatic heterocycles. The van der Waals surface area contributed by atoms with Crippen LogP contribution < -0.4 is 4.74 Å². The summed E-state index contributed by atoms with van der Waals surface area (Å²) in [5.74, 6) is 6.74. The standard InChI is InChI=1S/C21H22O4/c1-15-12-17(8-11-20(15)22)5-4-16-6-9-18(10-7-16)23-13-19-14-24-21(2,3)25-19/h6-12,19,22H,13-14H2,1-3H3/t19-/m0/s1. The minimum atomic E-state index is -0.528. The molecule has 1 N–H and O–H groups in total. The van der Waals surface area contributed by atoms with Crippen molar-refractivity contribution >= 4 is 0 Å². The van der Waals surface area contributed by atoms with E-state index in [9.17, 15) is 5.11 Å². The lowest BCUT2D eigenvalue weighted by molar-refractivity contribution is -0.141. The van der Waals surface area contributed by atoms with Gasteiger partial charge in [0.1, 0.15) is 24.2 Å². The van der Waals surface area contributed by atoms with Crippen molar-refractivity contribution in [3.63, 3.8) is 0 Å². The predicted molar refractivity (Wildman–Crippen MR) is 95.7 cm³/mol. The number of aromatic hydroxyl groups is 1. The molecule has 0 aliphatic carbocycles. The highest BCUT2D eigenvalue weighted by atomic mass is 16.7. The maximum Gasteiger partial charge on any atom is 0.163 e. The Morgan fingerprint density at radius 2 is 1.80 bits per heavy atom. The zero-order chi connectivity index (χ0) is 17.9. The quantitative estimate of drug-likeness (QED) is 0.868. The molecule has 1 aliphatic heterocycles. The molecule has 1 heterocycles. The normalized spacial score (nSPS) is 18.4. The van der Waals surface area contributed by atoms with Gasteiger partial charge < -0.3 is 19.3 Å². The molecule has 130 valence electrons. The lowest BCUT2D eigenvalue weighted by Crippen LogP contribution is -2.25. The molecule has 2 aromatic rings. The molecule has 0 unspecified atom stereocenters. The summed E-state index contributed by atoms with van der Waals surface area (Å²) in [5, 5.41) is 9.54. The summed E-state index contributed by atoms with van der Waals surface area (Å²) in [5.41, 5.74) is 2.59. The minimum absolute atomic E-state index is 0.0489. The first kappa shape index (κ1) is 17.3. The van der Waals surface area contributed by atoms with Gasteiger partial charge in [-0.3, -0.25) is 0 Å². The molecule has 1 aliphatic rings. The van der Waals surface area contributed by atoms with Crippen molar-refractivity contribution in [3.8, 4) is 23.3 Å². The van der Waals surface area contributed by atoms with Crippen LogP contribution in [0.4, 0.5) is 0 Å². The molecule has 3 rings (SSSR count). The summed E-state index contributed by atoms with van der Waals surface area (Å²) >= 11 is 0. The molecule has 1 saturated heterocycles. The fourth-order valence-corrected chi connectivity index (χ4v) is 2.55. The van der Waals surface area contributed by atoms with Crippen molar-refractivity contribution in [1.29, 1.82) is 0 Å². The van der Waals surface area contributed by atoms with Crippen LogP contribution in [-0.2, 0) is 9.47 Å². The van der Waals surface area contributed by atoms with Crippen LogP contribution in [0.5, 0.6) is 11.5 Å². The van der Waals surface area contributed by atoms with Crippen LogP contribution in [-0.4, -0.2) is 30.2 Å². The Bertz CT molecular complexity index is 797. The van der Waals surface area contributed by atoms with E-state index in [1.54, 1.807) is 12.1 Å². The average Bonchev–Trinajstić information content (AvgIpc) is 2.94. The molecule has 0 spiro atoms. The molecular formula is C21H22O4. The molecule has 1 atom stereocenters. The van der Waals surface area contributed by atoms with E-state index in [0.717, 1.165) is 22.4 Å². The van der Waals surface area contributed by atoms with Gasteiger partial charge in [-0.25, -0.2) is 0 Å². The van der Waals surface area contributed by atoms with Crippen LogP contribution in [0.2, 0.25) is 0 Å². The smallest absolute Gasteiger partial charge is 0.163 e. The number of hydrogen-bond acceptors (Lipinski definition) is 4. The first-order valence-corrected chi connectivity index (χ1v) is 8.27. The summed E-state index contributed by atoms with van der Waals surface area (Å²) in [4.78, 5) is 0. The SMILES string of the molecule is Cc1cc(C#Cc2ccc(OC[C@H]3COC(C)(C)O3)cc2)ccc1O. The highest BCUT2D eigenvalue weighted by molar-refractivity contribution is 5.47. The van der Waals surface area contributed by atoms with E-state index >= 15 is 0 Å². The van der Waals surface area contributed by atoms with E-state index in [1.165, 1.54) is 0 Å². The first-order valence-electron chi connectivity index (χ1n) is 8.27. The van der Waals surface area contributed by atoms with Crippen LogP contribution in [0.25, 0.3) is 0 Å². The highest BCUT2D eigenvalue weighted by Gasteiger charge is 2.32. The molecule has 2 aromatic carbocycles. The Kier molecular flexibility index (Phi) is 4.98. The molecule has 0 amide bonds. The zero-order valence-electron chi connectivity index (χ0n) is 14.7. The van der Waals surface area contributed by atoms with E-state index in [-0.39, 0.29) is 11.9 Å². The Balaban J connectivity index is 1.57. The lowest BCUT2D eigenvalue weighted by atomic mass is 10.1. The van der Waals surface area contributed by atoms with E-state index in [0.29, 0.717) is 13.2 Å². The number of phenols is 1.